The molecule has 3 rings (SSSR count). The number of hydrogen-bond acceptors (Lipinski definition) is 4. The van der Waals surface area contributed by atoms with Crippen molar-refractivity contribution in [2.75, 3.05) is 17.5 Å². The van der Waals surface area contributed by atoms with E-state index in [1.54, 1.807) is 72.8 Å². The van der Waals surface area contributed by atoms with Crippen LogP contribution in [0, 0.1) is 6.92 Å². The lowest BCUT2D eigenvalue weighted by atomic mass is 10.2. The molecule has 6 heteroatoms. The standard InChI is InChI=1S/C22H21NO4S/c1-18-9-8-12-20(17-18)23(28(25,26)21-13-6-3-7-14-21)15-16-27-22(24)19-10-4-2-5-11-19/h2-14,17H,15-16H2,1H3. The number of hydrogen-bond donors (Lipinski definition) is 0. The molecule has 144 valence electrons. The van der Waals surface area contributed by atoms with Crippen molar-refractivity contribution in [2.45, 2.75) is 11.8 Å². The predicted molar refractivity (Wildman–Crippen MR) is 109 cm³/mol. The van der Waals surface area contributed by atoms with Gasteiger partial charge in [-0.25, -0.2) is 13.2 Å². The molecule has 28 heavy (non-hydrogen) atoms. The van der Waals surface area contributed by atoms with Crippen molar-refractivity contribution in [1.29, 1.82) is 0 Å². The van der Waals surface area contributed by atoms with Gasteiger partial charge in [-0.15, -0.1) is 0 Å². The first-order chi connectivity index (χ1) is 13.5. The van der Waals surface area contributed by atoms with Crippen LogP contribution < -0.4 is 4.31 Å². The molecule has 0 spiro atoms. The number of nitrogens with zero attached hydrogens (tertiary/aromatic N) is 1. The number of carbonyl (C=O) groups excluding carboxylic acids is 1. The normalized spacial score (nSPS) is 11.0. The molecule has 0 saturated carbocycles. The molecule has 0 aliphatic heterocycles. The topological polar surface area (TPSA) is 63.7 Å². The number of esters is 1. The second-order valence-electron chi connectivity index (χ2n) is 6.23. The molecule has 0 atom stereocenters. The summed E-state index contributed by atoms with van der Waals surface area (Å²) >= 11 is 0. The van der Waals surface area contributed by atoms with Gasteiger partial charge in [0, 0.05) is 0 Å². The summed E-state index contributed by atoms with van der Waals surface area (Å²) in [4.78, 5) is 12.3. The molecule has 0 fully saturated rings. The maximum absolute atomic E-state index is 13.2. The highest BCUT2D eigenvalue weighted by Crippen LogP contribution is 2.24. The van der Waals surface area contributed by atoms with Crippen LogP contribution in [0.25, 0.3) is 0 Å². The van der Waals surface area contributed by atoms with Gasteiger partial charge < -0.3 is 4.74 Å². The lowest BCUT2D eigenvalue weighted by molar-refractivity contribution is 0.0517. The van der Waals surface area contributed by atoms with Crippen molar-refractivity contribution in [3.8, 4) is 0 Å². The van der Waals surface area contributed by atoms with Crippen LogP contribution in [0.2, 0.25) is 0 Å². The van der Waals surface area contributed by atoms with Crippen molar-refractivity contribution in [3.05, 3.63) is 96.1 Å². The van der Waals surface area contributed by atoms with E-state index in [9.17, 15) is 13.2 Å². The highest BCUT2D eigenvalue weighted by atomic mass is 32.2. The van der Waals surface area contributed by atoms with E-state index in [2.05, 4.69) is 0 Å². The average molecular weight is 395 g/mol. The molecule has 3 aromatic carbocycles. The summed E-state index contributed by atoms with van der Waals surface area (Å²) in [6, 6.07) is 24.0. The van der Waals surface area contributed by atoms with Crippen LogP contribution in [0.3, 0.4) is 0 Å². The van der Waals surface area contributed by atoms with Gasteiger partial charge in [-0.1, -0.05) is 48.5 Å². The Labute approximate surface area is 165 Å². The molecule has 0 radical (unpaired) electrons. The molecule has 0 aromatic heterocycles. The molecule has 0 aliphatic rings. The first-order valence-corrected chi connectivity index (χ1v) is 10.3. The second kappa shape index (κ2) is 8.71. The van der Waals surface area contributed by atoms with Crippen LogP contribution in [-0.2, 0) is 14.8 Å². The second-order valence-corrected chi connectivity index (χ2v) is 8.09. The predicted octanol–water partition coefficient (Wildman–Crippen LogP) is 4.05. The number of carbonyl (C=O) groups is 1. The Morgan fingerprint density at radius 3 is 2.18 bits per heavy atom. The Morgan fingerprint density at radius 1 is 0.893 bits per heavy atom. The zero-order valence-corrected chi connectivity index (χ0v) is 16.3. The van der Waals surface area contributed by atoms with Crippen LogP contribution in [0.1, 0.15) is 15.9 Å². The van der Waals surface area contributed by atoms with Crippen molar-refractivity contribution < 1.29 is 17.9 Å². The highest BCUT2D eigenvalue weighted by Gasteiger charge is 2.25. The molecule has 0 unspecified atom stereocenters. The van der Waals surface area contributed by atoms with Crippen LogP contribution in [0.5, 0.6) is 0 Å². The molecular weight excluding hydrogens is 374 g/mol. The van der Waals surface area contributed by atoms with E-state index in [1.807, 2.05) is 19.1 Å². The van der Waals surface area contributed by atoms with Gasteiger partial charge in [0.25, 0.3) is 10.0 Å². The molecule has 0 heterocycles. The lowest BCUT2D eigenvalue weighted by Gasteiger charge is -2.24. The molecule has 5 nitrogen and oxygen atoms in total. The zero-order valence-electron chi connectivity index (χ0n) is 15.5. The fourth-order valence-electron chi connectivity index (χ4n) is 2.77. The maximum Gasteiger partial charge on any atom is 0.338 e. The number of rotatable bonds is 7. The first kappa shape index (κ1) is 19.6. The molecule has 0 bridgehead atoms. The van der Waals surface area contributed by atoms with Crippen LogP contribution in [0.15, 0.2) is 89.8 Å². The van der Waals surface area contributed by atoms with Gasteiger partial charge in [-0.3, -0.25) is 4.31 Å². The SMILES string of the molecule is Cc1cccc(N(CCOC(=O)c2ccccc2)S(=O)(=O)c2ccccc2)c1. The van der Waals surface area contributed by atoms with Gasteiger partial charge in [0.1, 0.15) is 6.61 Å². The van der Waals surface area contributed by atoms with Gasteiger partial charge in [0.2, 0.25) is 0 Å². The maximum atomic E-state index is 13.2. The third-order valence-corrected chi connectivity index (χ3v) is 6.00. The van der Waals surface area contributed by atoms with Gasteiger partial charge in [0.15, 0.2) is 0 Å². The fraction of sp³-hybridized carbons (Fsp3) is 0.136. The minimum Gasteiger partial charge on any atom is -0.460 e. The Bertz CT molecular complexity index is 1030. The quantitative estimate of drug-likeness (QED) is 0.566. The summed E-state index contributed by atoms with van der Waals surface area (Å²) in [5, 5.41) is 0. The molecule has 0 N–H and O–H groups in total. The van der Waals surface area contributed by atoms with E-state index < -0.39 is 16.0 Å². The first-order valence-electron chi connectivity index (χ1n) is 8.85. The summed E-state index contributed by atoms with van der Waals surface area (Å²) in [7, 11) is -3.79. The number of ether oxygens (including phenoxy) is 1. The Kier molecular flexibility index (Phi) is 6.11. The van der Waals surface area contributed by atoms with E-state index in [-0.39, 0.29) is 18.0 Å². The van der Waals surface area contributed by atoms with Crippen LogP contribution >= 0.6 is 0 Å². The Balaban J connectivity index is 1.82. The summed E-state index contributed by atoms with van der Waals surface area (Å²) in [5.74, 6) is -0.484. The summed E-state index contributed by atoms with van der Waals surface area (Å²) in [5.41, 5.74) is 1.89. The molecular formula is C22H21NO4S. The van der Waals surface area contributed by atoms with Gasteiger partial charge in [-0.2, -0.15) is 0 Å². The third kappa shape index (κ3) is 4.58. The van der Waals surface area contributed by atoms with Gasteiger partial charge >= 0.3 is 5.97 Å². The summed E-state index contributed by atoms with van der Waals surface area (Å²) in [6.07, 6.45) is 0. The molecule has 0 amide bonds. The van der Waals surface area contributed by atoms with Crippen LogP contribution in [0.4, 0.5) is 5.69 Å². The average Bonchev–Trinajstić information content (AvgIpc) is 2.72. The summed E-state index contributed by atoms with van der Waals surface area (Å²) < 4.78 is 32.9. The third-order valence-electron chi connectivity index (χ3n) is 4.16. The zero-order chi connectivity index (χ0) is 20.0. The number of benzene rings is 3. The van der Waals surface area contributed by atoms with E-state index in [0.717, 1.165) is 5.56 Å². The monoisotopic (exact) mass is 395 g/mol. The minimum absolute atomic E-state index is 0.0131. The number of sulfonamides is 1. The van der Waals surface area contributed by atoms with E-state index in [1.165, 1.54) is 4.31 Å². The van der Waals surface area contributed by atoms with Crippen molar-refractivity contribution in [2.24, 2.45) is 0 Å². The Morgan fingerprint density at radius 2 is 1.54 bits per heavy atom. The molecule has 0 saturated heterocycles. The largest absolute Gasteiger partial charge is 0.460 e. The van der Waals surface area contributed by atoms with E-state index in [0.29, 0.717) is 11.3 Å². The fourth-order valence-corrected chi connectivity index (χ4v) is 4.23. The van der Waals surface area contributed by atoms with Crippen LogP contribution in [-0.4, -0.2) is 27.5 Å². The van der Waals surface area contributed by atoms with Crippen molar-refractivity contribution >= 4 is 21.7 Å². The van der Waals surface area contributed by atoms with E-state index >= 15 is 0 Å². The van der Waals surface area contributed by atoms with E-state index in [4.69, 9.17) is 4.74 Å². The molecule has 0 aliphatic carbocycles. The highest BCUT2D eigenvalue weighted by molar-refractivity contribution is 7.92. The number of aryl methyl sites for hydroxylation is 1. The minimum atomic E-state index is -3.79. The van der Waals surface area contributed by atoms with Gasteiger partial charge in [-0.05, 0) is 48.9 Å². The van der Waals surface area contributed by atoms with Crippen molar-refractivity contribution in [3.63, 3.8) is 0 Å². The van der Waals surface area contributed by atoms with Crippen molar-refractivity contribution in [1.82, 2.24) is 0 Å². The smallest absolute Gasteiger partial charge is 0.338 e. The number of anilines is 1. The lowest BCUT2D eigenvalue weighted by Crippen LogP contribution is -2.34. The van der Waals surface area contributed by atoms with Gasteiger partial charge in [0.05, 0.1) is 22.7 Å². The molecule has 3 aromatic rings. The Hall–Kier alpha value is -3.12. The summed E-state index contributed by atoms with van der Waals surface area (Å²) in [6.45, 7) is 1.85.